The number of aliphatic hydroxyl groups excluding tert-OH is 1. The van der Waals surface area contributed by atoms with Gasteiger partial charge in [-0.2, -0.15) is 0 Å². The molecule has 1 atom stereocenters. The molecule has 4 nitrogen and oxygen atoms in total. The molecule has 0 aliphatic heterocycles. The van der Waals surface area contributed by atoms with E-state index < -0.39 is 0 Å². The molecule has 0 aromatic heterocycles. The van der Waals surface area contributed by atoms with E-state index in [1.807, 2.05) is 0 Å². The molecule has 0 amide bonds. The molecule has 0 rings (SSSR count). The fourth-order valence-corrected chi connectivity index (χ4v) is 2.54. The number of unbranched alkanes of at least 4 members (excludes halogenated alkanes) is 5. The van der Waals surface area contributed by atoms with Crippen molar-refractivity contribution in [1.29, 1.82) is 0 Å². The summed E-state index contributed by atoms with van der Waals surface area (Å²) in [5.41, 5.74) is 0. The predicted molar refractivity (Wildman–Crippen MR) is 87.1 cm³/mol. The van der Waals surface area contributed by atoms with Crippen LogP contribution in [0.5, 0.6) is 0 Å². The number of carbonyl (C=O) groups excluding carboxylic acids is 1. The maximum absolute atomic E-state index is 10.9. The van der Waals surface area contributed by atoms with E-state index in [4.69, 9.17) is 0 Å². The Morgan fingerprint density at radius 1 is 1.05 bits per heavy atom. The van der Waals surface area contributed by atoms with Crippen LogP contribution in [0.4, 0.5) is 0 Å². The molecular formula is C17H36NO3+. The molecule has 0 spiro atoms. The third-order valence-corrected chi connectivity index (χ3v) is 4.57. The van der Waals surface area contributed by atoms with Crippen molar-refractivity contribution in [2.24, 2.45) is 0 Å². The van der Waals surface area contributed by atoms with Gasteiger partial charge >= 0.3 is 5.97 Å². The molecule has 0 fully saturated rings. The molecule has 21 heavy (non-hydrogen) atoms. The maximum atomic E-state index is 10.9. The first-order valence-electron chi connectivity index (χ1n) is 8.55. The van der Waals surface area contributed by atoms with Gasteiger partial charge in [-0.3, -0.25) is 4.79 Å². The van der Waals surface area contributed by atoms with Crippen LogP contribution in [0, 0.1) is 0 Å². The van der Waals surface area contributed by atoms with Gasteiger partial charge in [-0.1, -0.05) is 32.1 Å². The number of quaternary nitrogens is 1. The van der Waals surface area contributed by atoms with Gasteiger partial charge in [0.1, 0.15) is 12.6 Å². The van der Waals surface area contributed by atoms with Crippen LogP contribution in [0.15, 0.2) is 0 Å². The Labute approximate surface area is 131 Å². The van der Waals surface area contributed by atoms with Gasteiger partial charge in [0.2, 0.25) is 0 Å². The van der Waals surface area contributed by atoms with Crippen LogP contribution in [-0.2, 0) is 9.53 Å². The van der Waals surface area contributed by atoms with Crippen molar-refractivity contribution >= 4 is 5.97 Å². The normalized spacial score (nSPS) is 13.2. The van der Waals surface area contributed by atoms with Crippen LogP contribution in [0.25, 0.3) is 0 Å². The van der Waals surface area contributed by atoms with Crippen molar-refractivity contribution in [2.45, 2.75) is 71.3 Å². The monoisotopic (exact) mass is 302 g/mol. The molecule has 0 aliphatic rings. The minimum Gasteiger partial charge on any atom is -0.469 e. The van der Waals surface area contributed by atoms with Crippen molar-refractivity contribution in [3.8, 4) is 0 Å². The Bertz CT molecular complexity index is 265. The highest BCUT2D eigenvalue weighted by Crippen LogP contribution is 2.12. The second kappa shape index (κ2) is 12.0. The largest absolute Gasteiger partial charge is 0.469 e. The van der Waals surface area contributed by atoms with Crippen molar-refractivity contribution in [2.75, 3.05) is 33.8 Å². The number of esters is 1. The number of likely N-dealkylation sites (N-methyl/N-ethyl adjacent to an activating group) is 1. The van der Waals surface area contributed by atoms with Crippen LogP contribution in [0.2, 0.25) is 0 Å². The number of hydrogen-bond acceptors (Lipinski definition) is 3. The number of hydrogen-bond donors (Lipinski definition) is 1. The third kappa shape index (κ3) is 10.7. The molecule has 0 heterocycles. The molecule has 0 saturated carbocycles. The summed E-state index contributed by atoms with van der Waals surface area (Å²) in [5.74, 6) is -0.105. The highest BCUT2D eigenvalue weighted by Gasteiger charge is 2.20. The third-order valence-electron chi connectivity index (χ3n) is 4.57. The maximum Gasteiger partial charge on any atom is 0.305 e. The fraction of sp³-hybridized carbons (Fsp3) is 0.941. The van der Waals surface area contributed by atoms with E-state index in [2.05, 4.69) is 25.6 Å². The number of carbonyl (C=O) groups is 1. The Morgan fingerprint density at radius 2 is 1.57 bits per heavy atom. The summed E-state index contributed by atoms with van der Waals surface area (Å²) in [6, 6.07) is 0. The van der Waals surface area contributed by atoms with Gasteiger partial charge in [0.25, 0.3) is 0 Å². The van der Waals surface area contributed by atoms with Crippen LogP contribution >= 0.6 is 0 Å². The van der Waals surface area contributed by atoms with E-state index >= 15 is 0 Å². The van der Waals surface area contributed by atoms with Crippen LogP contribution in [-0.4, -0.2) is 55.5 Å². The van der Waals surface area contributed by atoms with Gasteiger partial charge in [-0.05, 0) is 26.7 Å². The van der Waals surface area contributed by atoms with E-state index in [1.54, 1.807) is 0 Å². The Kier molecular flexibility index (Phi) is 11.6. The second-order valence-corrected chi connectivity index (χ2v) is 6.32. The lowest BCUT2D eigenvalue weighted by atomic mass is 10.1. The fourth-order valence-electron chi connectivity index (χ4n) is 2.54. The Hall–Kier alpha value is -0.610. The first-order chi connectivity index (χ1) is 9.97. The lowest BCUT2D eigenvalue weighted by Crippen LogP contribution is -2.48. The molecule has 0 aromatic carbocycles. The number of nitrogens with zero attached hydrogens (tertiary/aromatic N) is 1. The topological polar surface area (TPSA) is 46.5 Å². The zero-order chi connectivity index (χ0) is 16.1. The number of aliphatic hydroxyl groups is 1. The van der Waals surface area contributed by atoms with Gasteiger partial charge in [-0.15, -0.1) is 0 Å². The van der Waals surface area contributed by atoms with E-state index in [0.29, 0.717) is 6.42 Å². The molecule has 126 valence electrons. The van der Waals surface area contributed by atoms with Crippen molar-refractivity contribution < 1.29 is 19.1 Å². The molecule has 1 N–H and O–H groups in total. The molecule has 0 saturated heterocycles. The minimum atomic E-state index is -0.172. The molecule has 0 aliphatic carbocycles. The molecule has 0 bridgehead atoms. The van der Waals surface area contributed by atoms with Crippen molar-refractivity contribution in [3.05, 3.63) is 0 Å². The van der Waals surface area contributed by atoms with Gasteiger partial charge in [0.05, 0.1) is 27.2 Å². The first-order valence-corrected chi connectivity index (χ1v) is 8.55. The summed E-state index contributed by atoms with van der Waals surface area (Å²) in [5, 5.41) is 10.1. The van der Waals surface area contributed by atoms with Crippen molar-refractivity contribution in [1.82, 2.24) is 0 Å². The van der Waals surface area contributed by atoms with Crippen molar-refractivity contribution in [3.63, 3.8) is 0 Å². The van der Waals surface area contributed by atoms with E-state index in [1.165, 1.54) is 26.4 Å². The minimum absolute atomic E-state index is 0.105. The summed E-state index contributed by atoms with van der Waals surface area (Å²) in [6.45, 7) is 7.39. The molecule has 0 aromatic rings. The van der Waals surface area contributed by atoms with Crippen LogP contribution in [0.1, 0.15) is 65.2 Å². The highest BCUT2D eigenvalue weighted by atomic mass is 16.5. The number of rotatable bonds is 13. The average Bonchev–Trinajstić information content (AvgIpc) is 2.49. The lowest BCUT2D eigenvalue weighted by Gasteiger charge is -2.34. The van der Waals surface area contributed by atoms with E-state index in [-0.39, 0.29) is 12.1 Å². The first kappa shape index (κ1) is 20.4. The second-order valence-electron chi connectivity index (χ2n) is 6.32. The SMILES string of the molecule is CC[N+](C)(CC)CC(O)CCCCCCCCC(=O)OC. The summed E-state index contributed by atoms with van der Waals surface area (Å²) < 4.78 is 5.56. The van der Waals surface area contributed by atoms with Crippen LogP contribution in [0.3, 0.4) is 0 Å². The Balaban J connectivity index is 3.48. The standard InChI is InChI=1S/C17H36NO3/c1-5-18(3,6-2)15-16(19)13-11-9-7-8-10-12-14-17(20)21-4/h16,19H,5-15H2,1-4H3/q+1. The van der Waals surface area contributed by atoms with Gasteiger partial charge < -0.3 is 14.3 Å². The van der Waals surface area contributed by atoms with Gasteiger partial charge in [-0.25, -0.2) is 0 Å². The molecular weight excluding hydrogens is 266 g/mol. The molecule has 0 radical (unpaired) electrons. The predicted octanol–water partition coefficient (Wildman–Crippen LogP) is 3.13. The smallest absolute Gasteiger partial charge is 0.305 e. The summed E-state index contributed by atoms with van der Waals surface area (Å²) >= 11 is 0. The molecule has 4 heteroatoms. The number of methoxy groups -OCH3 is 1. The highest BCUT2D eigenvalue weighted by molar-refractivity contribution is 5.68. The quantitative estimate of drug-likeness (QED) is 0.323. The summed E-state index contributed by atoms with van der Waals surface area (Å²) in [7, 11) is 3.65. The van der Waals surface area contributed by atoms with E-state index in [9.17, 15) is 9.90 Å². The van der Waals surface area contributed by atoms with Gasteiger partial charge in [0, 0.05) is 6.42 Å². The number of ether oxygens (including phenoxy) is 1. The zero-order valence-corrected chi connectivity index (χ0v) is 14.6. The van der Waals surface area contributed by atoms with E-state index in [0.717, 1.165) is 49.8 Å². The van der Waals surface area contributed by atoms with Gasteiger partial charge in [0.15, 0.2) is 0 Å². The van der Waals surface area contributed by atoms with Crippen LogP contribution < -0.4 is 0 Å². The summed E-state index contributed by atoms with van der Waals surface area (Å²) in [4.78, 5) is 10.9. The lowest BCUT2D eigenvalue weighted by molar-refractivity contribution is -0.909. The summed E-state index contributed by atoms with van der Waals surface area (Å²) in [6.07, 6.45) is 7.95. The average molecular weight is 302 g/mol. The zero-order valence-electron chi connectivity index (χ0n) is 14.6. The molecule has 1 unspecified atom stereocenters. The Morgan fingerprint density at radius 3 is 2.10 bits per heavy atom.